The van der Waals surface area contributed by atoms with Gasteiger partial charge >= 0.3 is 6.09 Å². The third kappa shape index (κ3) is 6.34. The van der Waals surface area contributed by atoms with Gasteiger partial charge in [-0.15, -0.1) is 0 Å². The van der Waals surface area contributed by atoms with Gasteiger partial charge in [-0.25, -0.2) is 12.6 Å². The van der Waals surface area contributed by atoms with Gasteiger partial charge < -0.3 is 9.47 Å². The van der Waals surface area contributed by atoms with Crippen molar-refractivity contribution < 1.29 is 19.1 Å². The maximum atomic E-state index is 11.9. The Labute approximate surface area is 175 Å². The second-order valence-electron chi connectivity index (χ2n) is 5.70. The average Bonchev–Trinajstić information content (AvgIpc) is 2.68. The molecule has 2 rings (SSSR count). The molecule has 8 heteroatoms. The number of rotatable bonds is 7. The van der Waals surface area contributed by atoms with Crippen LogP contribution in [0.4, 0.5) is 16.2 Å². The quantitative estimate of drug-likeness (QED) is 0.404. The lowest BCUT2D eigenvalue weighted by molar-refractivity contribution is -0.115. The third-order valence-corrected chi connectivity index (χ3v) is 5.29. The van der Waals surface area contributed by atoms with Gasteiger partial charge in [0, 0.05) is 14.0 Å². The molecule has 0 aliphatic carbocycles. The number of carbonyl (C=O) groups excluding carboxylic acids is 2. The summed E-state index contributed by atoms with van der Waals surface area (Å²) in [6.07, 6.45) is 0.240. The molecule has 0 aliphatic rings. The van der Waals surface area contributed by atoms with Crippen molar-refractivity contribution in [3.8, 4) is 0 Å². The number of hydrogen-bond donors (Lipinski definition) is 0. The summed E-state index contributed by atoms with van der Waals surface area (Å²) in [5.41, 5.74) is 3.67. The summed E-state index contributed by atoms with van der Waals surface area (Å²) in [7, 11) is 1.55. The van der Waals surface area contributed by atoms with Gasteiger partial charge in [-0.2, -0.15) is 0 Å². The molecule has 2 aromatic rings. The van der Waals surface area contributed by atoms with Crippen LogP contribution in [-0.2, 0) is 20.7 Å². The third-order valence-electron chi connectivity index (χ3n) is 3.68. The van der Waals surface area contributed by atoms with Gasteiger partial charge in [-0.3, -0.25) is 4.79 Å². The first-order valence-electron chi connectivity index (χ1n) is 8.18. The number of amides is 2. The number of ether oxygens (including phenoxy) is 2. The van der Waals surface area contributed by atoms with Crippen molar-refractivity contribution in [2.24, 2.45) is 0 Å². The standard InChI is InChI=1S/C19H20Br2N2O4/c1-14(24)22(20)17-7-3-15(4-8-17)13-16-5-9-18(10-6-16)23(21)19(25)27-12-11-26-2/h3-10H,11-13H2,1-2H3. The highest BCUT2D eigenvalue weighted by Gasteiger charge is 2.14. The van der Waals surface area contributed by atoms with Crippen molar-refractivity contribution in [2.75, 3.05) is 28.2 Å². The molecule has 0 aromatic heterocycles. The number of methoxy groups -OCH3 is 1. The van der Waals surface area contributed by atoms with Gasteiger partial charge in [-0.1, -0.05) is 24.3 Å². The van der Waals surface area contributed by atoms with E-state index in [1.807, 2.05) is 48.5 Å². The fraction of sp³-hybridized carbons (Fsp3) is 0.263. The fourth-order valence-corrected chi connectivity index (χ4v) is 2.86. The lowest BCUT2D eigenvalue weighted by Gasteiger charge is -2.15. The summed E-state index contributed by atoms with van der Waals surface area (Å²) in [4.78, 5) is 23.3. The summed E-state index contributed by atoms with van der Waals surface area (Å²) in [6.45, 7) is 2.04. The minimum absolute atomic E-state index is 0.0848. The minimum atomic E-state index is -0.500. The van der Waals surface area contributed by atoms with E-state index in [9.17, 15) is 9.59 Å². The molecule has 0 aliphatic heterocycles. The number of nitrogens with zero attached hydrogens (tertiary/aromatic N) is 2. The van der Waals surface area contributed by atoms with Crippen molar-refractivity contribution >= 4 is 55.7 Å². The molecule has 0 fully saturated rings. The zero-order chi connectivity index (χ0) is 19.8. The molecule has 2 amide bonds. The number of carbonyl (C=O) groups is 2. The average molecular weight is 500 g/mol. The molecule has 0 saturated heterocycles. The lowest BCUT2D eigenvalue weighted by Crippen LogP contribution is -2.22. The van der Waals surface area contributed by atoms with E-state index in [-0.39, 0.29) is 12.5 Å². The molecule has 144 valence electrons. The van der Waals surface area contributed by atoms with E-state index < -0.39 is 6.09 Å². The Kier molecular flexibility index (Phi) is 8.27. The molecular formula is C19H20Br2N2O4. The first-order chi connectivity index (χ1) is 12.9. The monoisotopic (exact) mass is 498 g/mol. The highest BCUT2D eigenvalue weighted by molar-refractivity contribution is 9.10. The number of halogens is 2. The smallest absolute Gasteiger partial charge is 0.424 e. The molecule has 0 heterocycles. The second-order valence-corrected chi connectivity index (χ2v) is 7.12. The van der Waals surface area contributed by atoms with Crippen molar-refractivity contribution in [1.82, 2.24) is 0 Å². The summed E-state index contributed by atoms with van der Waals surface area (Å²) >= 11 is 6.43. The SMILES string of the molecule is COCCOC(=O)N(Br)c1ccc(Cc2ccc(N(Br)C(C)=O)cc2)cc1. The molecule has 0 N–H and O–H groups in total. The summed E-state index contributed by atoms with van der Waals surface area (Å²) < 4.78 is 12.6. The molecule has 27 heavy (non-hydrogen) atoms. The van der Waals surface area contributed by atoms with Crippen LogP contribution >= 0.6 is 32.3 Å². The van der Waals surface area contributed by atoms with Gasteiger partial charge in [0.1, 0.15) is 6.61 Å². The van der Waals surface area contributed by atoms with Gasteiger partial charge in [0.15, 0.2) is 0 Å². The largest absolute Gasteiger partial charge is 0.446 e. The summed E-state index contributed by atoms with van der Waals surface area (Å²) in [5, 5.41) is 0. The van der Waals surface area contributed by atoms with Crippen LogP contribution in [0.15, 0.2) is 48.5 Å². The Balaban J connectivity index is 1.97. The number of hydrogen-bond acceptors (Lipinski definition) is 4. The van der Waals surface area contributed by atoms with Gasteiger partial charge in [-0.05, 0) is 41.8 Å². The summed E-state index contributed by atoms with van der Waals surface area (Å²) in [6, 6.07) is 15.3. The summed E-state index contributed by atoms with van der Waals surface area (Å²) in [5.74, 6) is -0.0848. The van der Waals surface area contributed by atoms with E-state index in [0.29, 0.717) is 12.3 Å². The normalized spacial score (nSPS) is 10.4. The Morgan fingerprint density at radius 1 is 0.852 bits per heavy atom. The molecule has 2 aromatic carbocycles. The van der Waals surface area contributed by atoms with Crippen molar-refractivity contribution in [3.05, 3.63) is 59.7 Å². The van der Waals surface area contributed by atoms with E-state index >= 15 is 0 Å². The molecular weight excluding hydrogens is 480 g/mol. The minimum Gasteiger partial charge on any atom is -0.446 e. The molecule has 0 spiro atoms. The molecule has 0 atom stereocenters. The first-order valence-corrected chi connectivity index (χ1v) is 9.60. The van der Waals surface area contributed by atoms with Crippen LogP contribution in [0.2, 0.25) is 0 Å². The van der Waals surface area contributed by atoms with E-state index in [2.05, 4.69) is 32.3 Å². The maximum absolute atomic E-state index is 11.9. The molecule has 0 radical (unpaired) electrons. The Morgan fingerprint density at radius 2 is 1.33 bits per heavy atom. The molecule has 0 saturated carbocycles. The van der Waals surface area contributed by atoms with Crippen LogP contribution in [0.5, 0.6) is 0 Å². The van der Waals surface area contributed by atoms with Crippen LogP contribution in [0.25, 0.3) is 0 Å². The van der Waals surface area contributed by atoms with Crippen molar-refractivity contribution in [1.29, 1.82) is 0 Å². The predicted octanol–water partition coefficient (Wildman–Crippen LogP) is 4.84. The van der Waals surface area contributed by atoms with E-state index in [4.69, 9.17) is 9.47 Å². The van der Waals surface area contributed by atoms with Gasteiger partial charge in [0.25, 0.3) is 0 Å². The molecule has 6 nitrogen and oxygen atoms in total. The number of anilines is 2. The zero-order valence-electron chi connectivity index (χ0n) is 15.0. The van der Waals surface area contributed by atoms with E-state index in [0.717, 1.165) is 23.2 Å². The number of benzene rings is 2. The van der Waals surface area contributed by atoms with E-state index in [1.165, 1.54) is 14.8 Å². The van der Waals surface area contributed by atoms with E-state index in [1.54, 1.807) is 7.11 Å². The lowest BCUT2D eigenvalue weighted by atomic mass is 10.0. The topological polar surface area (TPSA) is 59.1 Å². The van der Waals surface area contributed by atoms with Crippen LogP contribution < -0.4 is 7.85 Å². The van der Waals surface area contributed by atoms with Crippen LogP contribution in [-0.4, -0.2) is 32.3 Å². The maximum Gasteiger partial charge on any atom is 0.424 e. The van der Waals surface area contributed by atoms with Crippen molar-refractivity contribution in [2.45, 2.75) is 13.3 Å². The first kappa shape index (κ1) is 21.4. The fourth-order valence-electron chi connectivity index (χ4n) is 2.28. The van der Waals surface area contributed by atoms with Crippen LogP contribution in [0, 0.1) is 0 Å². The molecule has 0 unspecified atom stereocenters. The van der Waals surface area contributed by atoms with Gasteiger partial charge in [0.2, 0.25) is 5.91 Å². The van der Waals surface area contributed by atoms with Gasteiger partial charge in [0.05, 0.1) is 50.3 Å². The van der Waals surface area contributed by atoms with Crippen LogP contribution in [0.3, 0.4) is 0 Å². The van der Waals surface area contributed by atoms with Crippen LogP contribution in [0.1, 0.15) is 18.1 Å². The predicted molar refractivity (Wildman–Crippen MR) is 112 cm³/mol. The molecule has 0 bridgehead atoms. The second kappa shape index (κ2) is 10.4. The Hall–Kier alpha value is -1.90. The highest BCUT2D eigenvalue weighted by Crippen LogP contribution is 2.23. The highest BCUT2D eigenvalue weighted by atomic mass is 79.9. The Bertz CT molecular complexity index is 766. The van der Waals surface area contributed by atoms with Crippen molar-refractivity contribution in [3.63, 3.8) is 0 Å². The zero-order valence-corrected chi connectivity index (χ0v) is 18.2. The Morgan fingerprint density at radius 3 is 1.78 bits per heavy atom.